The highest BCUT2D eigenvalue weighted by molar-refractivity contribution is 9.10. The molecule has 100 valence electrons. The Bertz CT molecular complexity index is 454. The van der Waals surface area contributed by atoms with Crippen molar-refractivity contribution in [3.8, 4) is 0 Å². The van der Waals surface area contributed by atoms with E-state index in [9.17, 15) is 9.18 Å². The van der Waals surface area contributed by atoms with Crippen molar-refractivity contribution in [2.45, 2.75) is 33.7 Å². The third kappa shape index (κ3) is 3.31. The van der Waals surface area contributed by atoms with E-state index in [1.54, 1.807) is 24.1 Å². The maximum Gasteiger partial charge on any atom is 0.253 e. The minimum Gasteiger partial charge on any atom is -0.338 e. The molecule has 1 amide bonds. The molecular weight excluding hydrogens is 297 g/mol. The fraction of sp³-hybridized carbons (Fsp3) is 0.500. The largest absolute Gasteiger partial charge is 0.338 e. The van der Waals surface area contributed by atoms with Gasteiger partial charge in [-0.25, -0.2) is 4.39 Å². The molecule has 1 unspecified atom stereocenters. The predicted octanol–water partition coefficient (Wildman–Crippen LogP) is 4.09. The maximum atomic E-state index is 13.4. The molecule has 0 aliphatic heterocycles. The average molecular weight is 316 g/mol. The van der Waals surface area contributed by atoms with Gasteiger partial charge in [0.15, 0.2) is 0 Å². The summed E-state index contributed by atoms with van der Waals surface area (Å²) in [5, 5.41) is 0. The molecule has 1 aromatic carbocycles. The van der Waals surface area contributed by atoms with Crippen LogP contribution in [-0.4, -0.2) is 23.9 Å². The first kappa shape index (κ1) is 15.2. The van der Waals surface area contributed by atoms with Gasteiger partial charge >= 0.3 is 0 Å². The van der Waals surface area contributed by atoms with Crippen molar-refractivity contribution < 1.29 is 9.18 Å². The zero-order chi connectivity index (χ0) is 14.1. The zero-order valence-corrected chi connectivity index (χ0v) is 13.0. The third-order valence-corrected chi connectivity index (χ3v) is 3.96. The number of rotatable bonds is 2. The van der Waals surface area contributed by atoms with Crippen LogP contribution in [-0.2, 0) is 0 Å². The number of amides is 1. The van der Waals surface area contributed by atoms with Crippen LogP contribution in [0.25, 0.3) is 0 Å². The van der Waals surface area contributed by atoms with E-state index in [4.69, 9.17) is 0 Å². The van der Waals surface area contributed by atoms with Gasteiger partial charge in [0.1, 0.15) is 5.82 Å². The van der Waals surface area contributed by atoms with E-state index >= 15 is 0 Å². The van der Waals surface area contributed by atoms with Crippen molar-refractivity contribution in [3.63, 3.8) is 0 Å². The standard InChI is InChI=1S/C14H19BrFNO/c1-9(14(2,3)4)17(5)13(18)10-6-7-11(15)12(16)8-10/h6-9H,1-5H3. The normalized spacial score (nSPS) is 13.3. The lowest BCUT2D eigenvalue weighted by Gasteiger charge is -2.35. The predicted molar refractivity (Wildman–Crippen MR) is 75.1 cm³/mol. The van der Waals surface area contributed by atoms with Crippen molar-refractivity contribution in [2.75, 3.05) is 7.05 Å². The smallest absolute Gasteiger partial charge is 0.253 e. The molecule has 2 nitrogen and oxygen atoms in total. The molecular formula is C14H19BrFNO. The van der Waals surface area contributed by atoms with E-state index in [1.807, 2.05) is 6.92 Å². The van der Waals surface area contributed by atoms with Gasteiger partial charge in [-0.15, -0.1) is 0 Å². The van der Waals surface area contributed by atoms with Gasteiger partial charge in [0.05, 0.1) is 4.47 Å². The minimum absolute atomic E-state index is 0.0156. The summed E-state index contributed by atoms with van der Waals surface area (Å²) < 4.78 is 13.8. The molecule has 0 radical (unpaired) electrons. The van der Waals surface area contributed by atoms with Crippen molar-refractivity contribution >= 4 is 21.8 Å². The van der Waals surface area contributed by atoms with Crippen molar-refractivity contribution in [2.24, 2.45) is 5.41 Å². The number of carbonyl (C=O) groups is 1. The van der Waals surface area contributed by atoms with Crippen LogP contribution in [0.2, 0.25) is 0 Å². The molecule has 0 fully saturated rings. The molecule has 0 aliphatic carbocycles. The van der Waals surface area contributed by atoms with Crippen LogP contribution in [0.15, 0.2) is 22.7 Å². The van der Waals surface area contributed by atoms with E-state index in [0.29, 0.717) is 10.0 Å². The number of hydrogen-bond donors (Lipinski definition) is 0. The fourth-order valence-electron chi connectivity index (χ4n) is 1.59. The maximum absolute atomic E-state index is 13.4. The number of halogens is 2. The topological polar surface area (TPSA) is 20.3 Å². The Morgan fingerprint density at radius 1 is 1.39 bits per heavy atom. The fourth-order valence-corrected chi connectivity index (χ4v) is 1.84. The number of carbonyl (C=O) groups excluding carboxylic acids is 1. The quantitative estimate of drug-likeness (QED) is 0.804. The van der Waals surface area contributed by atoms with Gasteiger partial charge in [-0.3, -0.25) is 4.79 Å². The van der Waals surface area contributed by atoms with Gasteiger partial charge in [-0.1, -0.05) is 20.8 Å². The number of benzene rings is 1. The second kappa shape index (κ2) is 5.39. The summed E-state index contributed by atoms with van der Waals surface area (Å²) in [6.45, 7) is 8.21. The monoisotopic (exact) mass is 315 g/mol. The summed E-state index contributed by atoms with van der Waals surface area (Å²) in [7, 11) is 1.75. The van der Waals surface area contributed by atoms with Crippen LogP contribution >= 0.6 is 15.9 Å². The highest BCUT2D eigenvalue weighted by atomic mass is 79.9. The molecule has 0 heterocycles. The molecule has 4 heteroatoms. The lowest BCUT2D eigenvalue weighted by molar-refractivity contribution is 0.0629. The van der Waals surface area contributed by atoms with Gasteiger partial charge in [0, 0.05) is 18.7 Å². The highest BCUT2D eigenvalue weighted by Crippen LogP contribution is 2.25. The van der Waals surface area contributed by atoms with E-state index in [1.165, 1.54) is 6.07 Å². The van der Waals surface area contributed by atoms with Crippen LogP contribution in [0.4, 0.5) is 4.39 Å². The molecule has 0 spiro atoms. The van der Waals surface area contributed by atoms with Crippen molar-refractivity contribution in [1.29, 1.82) is 0 Å². The molecule has 1 atom stereocenters. The van der Waals surface area contributed by atoms with Gasteiger partial charge in [-0.05, 0) is 46.5 Å². The number of hydrogen-bond acceptors (Lipinski definition) is 1. The lowest BCUT2D eigenvalue weighted by Crippen LogP contribution is -2.43. The molecule has 0 aliphatic rings. The van der Waals surface area contributed by atoms with Crippen molar-refractivity contribution in [1.82, 2.24) is 4.90 Å². The summed E-state index contributed by atoms with van der Waals surface area (Å²) in [6.07, 6.45) is 0. The van der Waals surface area contributed by atoms with Crippen LogP contribution < -0.4 is 0 Å². The molecule has 0 bridgehead atoms. The van der Waals surface area contributed by atoms with Crippen LogP contribution in [0.1, 0.15) is 38.1 Å². The van der Waals surface area contributed by atoms with Crippen LogP contribution in [0, 0.1) is 11.2 Å². The minimum atomic E-state index is -0.419. The molecule has 0 saturated heterocycles. The number of nitrogens with zero attached hydrogens (tertiary/aromatic N) is 1. The van der Waals surface area contributed by atoms with Gasteiger partial charge < -0.3 is 4.90 Å². The second-order valence-corrected chi connectivity index (χ2v) is 6.44. The van der Waals surface area contributed by atoms with Gasteiger partial charge in [0.2, 0.25) is 0 Å². The molecule has 0 aromatic heterocycles. The molecule has 1 rings (SSSR count). The Morgan fingerprint density at radius 3 is 2.39 bits per heavy atom. The van der Waals surface area contributed by atoms with E-state index < -0.39 is 5.82 Å². The summed E-state index contributed by atoms with van der Waals surface area (Å²) in [6, 6.07) is 4.51. The summed E-state index contributed by atoms with van der Waals surface area (Å²) in [5.74, 6) is -0.582. The van der Waals surface area contributed by atoms with Gasteiger partial charge in [0.25, 0.3) is 5.91 Å². The third-order valence-electron chi connectivity index (χ3n) is 3.32. The van der Waals surface area contributed by atoms with Crippen molar-refractivity contribution in [3.05, 3.63) is 34.1 Å². The summed E-state index contributed by atoms with van der Waals surface area (Å²) in [5.41, 5.74) is 0.354. The molecule has 0 N–H and O–H groups in total. The Hall–Kier alpha value is -0.900. The lowest BCUT2D eigenvalue weighted by atomic mass is 9.87. The molecule has 18 heavy (non-hydrogen) atoms. The Morgan fingerprint density at radius 2 is 1.94 bits per heavy atom. The van der Waals surface area contributed by atoms with E-state index in [2.05, 4.69) is 36.7 Å². The SMILES string of the molecule is CC(N(C)C(=O)c1ccc(Br)c(F)c1)C(C)(C)C. The Kier molecular flexibility index (Phi) is 4.54. The second-order valence-electron chi connectivity index (χ2n) is 5.59. The molecule has 1 aromatic rings. The first-order valence-electron chi connectivity index (χ1n) is 5.87. The van der Waals surface area contributed by atoms with Crippen LogP contribution in [0.3, 0.4) is 0 Å². The zero-order valence-electron chi connectivity index (χ0n) is 11.4. The first-order chi connectivity index (χ1) is 8.14. The first-order valence-corrected chi connectivity index (χ1v) is 6.66. The average Bonchev–Trinajstić information content (AvgIpc) is 2.28. The van der Waals surface area contributed by atoms with Crippen LogP contribution in [0.5, 0.6) is 0 Å². The van der Waals surface area contributed by atoms with E-state index in [0.717, 1.165) is 0 Å². The Labute approximate surface area is 116 Å². The molecule has 0 saturated carbocycles. The highest BCUT2D eigenvalue weighted by Gasteiger charge is 2.27. The van der Waals surface area contributed by atoms with E-state index in [-0.39, 0.29) is 17.4 Å². The van der Waals surface area contributed by atoms with Gasteiger partial charge in [-0.2, -0.15) is 0 Å². The Balaban J connectivity index is 2.97. The summed E-state index contributed by atoms with van der Waals surface area (Å²) >= 11 is 3.08. The summed E-state index contributed by atoms with van der Waals surface area (Å²) in [4.78, 5) is 13.9.